The Labute approximate surface area is 108 Å². The van der Waals surface area contributed by atoms with E-state index in [1.54, 1.807) is 11.8 Å². The van der Waals surface area contributed by atoms with Crippen molar-refractivity contribution >= 4 is 22.8 Å². The normalized spacial score (nSPS) is 20.9. The zero-order valence-corrected chi connectivity index (χ0v) is 12.0. The maximum absolute atomic E-state index is 12.0. The minimum absolute atomic E-state index is 0.151. The molecule has 0 spiro atoms. The molecule has 0 aromatic rings. The van der Waals surface area contributed by atoms with E-state index >= 15 is 0 Å². The molecular formula is C12H23N3OS. The van der Waals surface area contributed by atoms with E-state index in [0.717, 1.165) is 30.4 Å². The summed E-state index contributed by atoms with van der Waals surface area (Å²) in [6.07, 6.45) is 1.07. The van der Waals surface area contributed by atoms with E-state index in [9.17, 15) is 4.79 Å². The molecular weight excluding hydrogens is 234 g/mol. The fourth-order valence-corrected chi connectivity index (χ4v) is 2.90. The third kappa shape index (κ3) is 3.91. The van der Waals surface area contributed by atoms with Crippen molar-refractivity contribution in [2.75, 3.05) is 18.8 Å². The molecule has 0 bridgehead atoms. The molecule has 0 radical (unpaired) electrons. The molecule has 0 fully saturated rings. The second-order valence-electron chi connectivity index (χ2n) is 4.18. The number of nitrogens with one attached hydrogen (secondary N) is 1. The first-order valence-electron chi connectivity index (χ1n) is 6.38. The van der Waals surface area contributed by atoms with Crippen LogP contribution >= 0.6 is 11.8 Å². The van der Waals surface area contributed by atoms with Crippen LogP contribution in [0.4, 0.5) is 0 Å². The summed E-state index contributed by atoms with van der Waals surface area (Å²) in [6, 6.07) is 0.231. The molecule has 1 aliphatic rings. The van der Waals surface area contributed by atoms with Gasteiger partial charge in [0.1, 0.15) is 6.04 Å². The van der Waals surface area contributed by atoms with Gasteiger partial charge in [-0.25, -0.2) is 0 Å². The quantitative estimate of drug-likeness (QED) is 0.815. The van der Waals surface area contributed by atoms with Crippen LogP contribution in [-0.4, -0.2) is 46.9 Å². The van der Waals surface area contributed by atoms with Gasteiger partial charge >= 0.3 is 0 Å². The summed E-state index contributed by atoms with van der Waals surface area (Å²) in [6.45, 7) is 9.58. The number of likely N-dealkylation sites (N-methyl/N-ethyl adjacent to an activating group) is 1. The zero-order valence-electron chi connectivity index (χ0n) is 11.2. The number of aliphatic imine (C=N–C) groups is 1. The third-order valence-corrected chi connectivity index (χ3v) is 4.02. The number of rotatable bonds is 5. The van der Waals surface area contributed by atoms with Crippen LogP contribution in [0.25, 0.3) is 0 Å². The average Bonchev–Trinajstić information content (AvgIpc) is 2.78. The SMILES string of the molecule is CCC1CSC(NC(C)C(=O)N(CC)CC)=N1. The van der Waals surface area contributed by atoms with Crippen molar-refractivity contribution in [1.29, 1.82) is 0 Å². The highest BCUT2D eigenvalue weighted by Crippen LogP contribution is 2.18. The summed E-state index contributed by atoms with van der Waals surface area (Å²) in [5.41, 5.74) is 0. The van der Waals surface area contributed by atoms with Gasteiger partial charge in [0.05, 0.1) is 6.04 Å². The number of hydrogen-bond acceptors (Lipinski definition) is 4. The summed E-state index contributed by atoms with van der Waals surface area (Å²) >= 11 is 1.72. The number of nitrogens with zero attached hydrogens (tertiary/aromatic N) is 2. The Morgan fingerprint density at radius 3 is 2.65 bits per heavy atom. The second kappa shape index (κ2) is 6.89. The Balaban J connectivity index is 2.49. The highest BCUT2D eigenvalue weighted by atomic mass is 32.2. The second-order valence-corrected chi connectivity index (χ2v) is 5.19. The molecule has 0 aromatic carbocycles. The third-order valence-electron chi connectivity index (χ3n) is 2.97. The Kier molecular flexibility index (Phi) is 5.82. The first kappa shape index (κ1) is 14.4. The molecule has 17 heavy (non-hydrogen) atoms. The van der Waals surface area contributed by atoms with Gasteiger partial charge in [0.15, 0.2) is 5.17 Å². The van der Waals surface area contributed by atoms with Gasteiger partial charge in [-0.2, -0.15) is 0 Å². The van der Waals surface area contributed by atoms with E-state index in [-0.39, 0.29) is 11.9 Å². The molecule has 0 aliphatic carbocycles. The van der Waals surface area contributed by atoms with Crippen molar-refractivity contribution in [3.05, 3.63) is 0 Å². The molecule has 1 aliphatic heterocycles. The maximum atomic E-state index is 12.0. The number of carbonyl (C=O) groups excluding carboxylic acids is 1. The summed E-state index contributed by atoms with van der Waals surface area (Å²) in [7, 11) is 0. The molecule has 0 saturated heterocycles. The minimum Gasteiger partial charge on any atom is -0.353 e. The smallest absolute Gasteiger partial charge is 0.244 e. The Hall–Kier alpha value is -0.710. The minimum atomic E-state index is -0.184. The topological polar surface area (TPSA) is 44.7 Å². The summed E-state index contributed by atoms with van der Waals surface area (Å²) in [5.74, 6) is 1.18. The van der Waals surface area contributed by atoms with E-state index in [1.165, 1.54) is 0 Å². The van der Waals surface area contributed by atoms with Crippen LogP contribution in [-0.2, 0) is 4.79 Å². The van der Waals surface area contributed by atoms with E-state index in [4.69, 9.17) is 0 Å². The lowest BCUT2D eigenvalue weighted by Crippen LogP contribution is -2.46. The largest absolute Gasteiger partial charge is 0.353 e. The number of amides is 1. The molecule has 0 saturated carbocycles. The van der Waals surface area contributed by atoms with Crippen LogP contribution in [0.5, 0.6) is 0 Å². The standard InChI is InChI=1S/C12H23N3OS/c1-5-10-8-17-12(14-10)13-9(4)11(16)15(6-2)7-3/h9-10H,5-8H2,1-4H3,(H,13,14). The van der Waals surface area contributed by atoms with Crippen molar-refractivity contribution in [3.8, 4) is 0 Å². The molecule has 1 N–H and O–H groups in total. The van der Waals surface area contributed by atoms with Crippen LogP contribution < -0.4 is 5.32 Å². The van der Waals surface area contributed by atoms with E-state index in [1.807, 2.05) is 25.7 Å². The van der Waals surface area contributed by atoms with Crippen LogP contribution in [0.3, 0.4) is 0 Å². The highest BCUT2D eigenvalue weighted by Gasteiger charge is 2.22. The van der Waals surface area contributed by atoms with Gasteiger partial charge in [-0.3, -0.25) is 9.79 Å². The number of amidine groups is 1. The fraction of sp³-hybridized carbons (Fsp3) is 0.833. The van der Waals surface area contributed by atoms with Crippen LogP contribution in [0.2, 0.25) is 0 Å². The Bertz CT molecular complexity index is 289. The maximum Gasteiger partial charge on any atom is 0.244 e. The fourth-order valence-electron chi connectivity index (χ4n) is 1.76. The summed E-state index contributed by atoms with van der Waals surface area (Å²) in [4.78, 5) is 18.4. The average molecular weight is 257 g/mol. The molecule has 1 heterocycles. The van der Waals surface area contributed by atoms with Gasteiger partial charge in [-0.05, 0) is 27.2 Å². The Morgan fingerprint density at radius 2 is 2.18 bits per heavy atom. The molecule has 2 atom stereocenters. The molecule has 2 unspecified atom stereocenters. The van der Waals surface area contributed by atoms with Crippen molar-refractivity contribution in [2.24, 2.45) is 4.99 Å². The van der Waals surface area contributed by atoms with Crippen molar-refractivity contribution in [1.82, 2.24) is 10.2 Å². The number of carbonyl (C=O) groups is 1. The first-order chi connectivity index (χ1) is 8.12. The summed E-state index contributed by atoms with van der Waals surface area (Å²) in [5, 5.41) is 4.13. The molecule has 0 aromatic heterocycles. The summed E-state index contributed by atoms with van der Waals surface area (Å²) < 4.78 is 0. The number of hydrogen-bond donors (Lipinski definition) is 1. The predicted octanol–water partition coefficient (Wildman–Crippen LogP) is 1.71. The van der Waals surface area contributed by atoms with Gasteiger partial charge < -0.3 is 10.2 Å². The van der Waals surface area contributed by atoms with Gasteiger partial charge in [-0.1, -0.05) is 18.7 Å². The van der Waals surface area contributed by atoms with Crippen LogP contribution in [0, 0.1) is 0 Å². The van der Waals surface area contributed by atoms with Gasteiger partial charge in [-0.15, -0.1) is 0 Å². The zero-order chi connectivity index (χ0) is 12.8. The monoisotopic (exact) mass is 257 g/mol. The van der Waals surface area contributed by atoms with E-state index in [0.29, 0.717) is 6.04 Å². The molecule has 5 heteroatoms. The first-order valence-corrected chi connectivity index (χ1v) is 7.36. The van der Waals surface area contributed by atoms with E-state index in [2.05, 4.69) is 17.2 Å². The van der Waals surface area contributed by atoms with E-state index < -0.39 is 0 Å². The van der Waals surface area contributed by atoms with Gasteiger partial charge in [0.2, 0.25) is 5.91 Å². The molecule has 1 amide bonds. The van der Waals surface area contributed by atoms with Gasteiger partial charge in [0.25, 0.3) is 0 Å². The highest BCUT2D eigenvalue weighted by molar-refractivity contribution is 8.14. The predicted molar refractivity (Wildman–Crippen MR) is 74.5 cm³/mol. The lowest BCUT2D eigenvalue weighted by atomic mass is 10.3. The molecule has 4 nitrogen and oxygen atoms in total. The molecule has 1 rings (SSSR count). The van der Waals surface area contributed by atoms with Crippen LogP contribution in [0.15, 0.2) is 4.99 Å². The lowest BCUT2D eigenvalue weighted by Gasteiger charge is -2.23. The van der Waals surface area contributed by atoms with Crippen LogP contribution in [0.1, 0.15) is 34.1 Å². The van der Waals surface area contributed by atoms with Gasteiger partial charge in [0, 0.05) is 18.8 Å². The van der Waals surface area contributed by atoms with Crippen molar-refractivity contribution in [3.63, 3.8) is 0 Å². The lowest BCUT2D eigenvalue weighted by molar-refractivity contribution is -0.132. The number of thioether (sulfide) groups is 1. The Morgan fingerprint density at radius 1 is 1.53 bits per heavy atom. The van der Waals surface area contributed by atoms with Crippen molar-refractivity contribution in [2.45, 2.75) is 46.2 Å². The molecule has 98 valence electrons. The van der Waals surface area contributed by atoms with Crippen molar-refractivity contribution < 1.29 is 4.79 Å².